The van der Waals surface area contributed by atoms with Gasteiger partial charge in [0.05, 0.1) is 21.6 Å². The second-order valence-corrected chi connectivity index (χ2v) is 9.59. The van der Waals surface area contributed by atoms with Crippen molar-refractivity contribution in [3.63, 3.8) is 0 Å². The molecular formula is C24H24FN7O2S. The Balaban J connectivity index is 1.35. The van der Waals surface area contributed by atoms with E-state index in [4.69, 9.17) is 20.4 Å². The summed E-state index contributed by atoms with van der Waals surface area (Å²) in [4.78, 5) is 27.2. The topological polar surface area (TPSA) is 102 Å². The molecule has 1 atom stereocenters. The molecule has 0 radical (unpaired) electrons. The fourth-order valence-corrected chi connectivity index (χ4v) is 5.36. The number of aromatic nitrogens is 4. The predicted molar refractivity (Wildman–Crippen MR) is 132 cm³/mol. The fraction of sp³-hybridized carbons (Fsp3) is 0.333. The van der Waals surface area contributed by atoms with Crippen LogP contribution in [0.5, 0.6) is 0 Å². The summed E-state index contributed by atoms with van der Waals surface area (Å²) in [6, 6.07) is 10.1. The van der Waals surface area contributed by atoms with E-state index in [0.29, 0.717) is 67.0 Å². The van der Waals surface area contributed by atoms with Gasteiger partial charge in [-0.25, -0.2) is 14.1 Å². The first-order valence-corrected chi connectivity index (χ1v) is 12.5. The average molecular weight is 494 g/mol. The molecule has 1 aromatic carbocycles. The van der Waals surface area contributed by atoms with Crippen LogP contribution < -0.4 is 10.6 Å². The molecule has 1 unspecified atom stereocenters. The smallest absolute Gasteiger partial charge is 0.251 e. The Kier molecular flexibility index (Phi) is 5.57. The van der Waals surface area contributed by atoms with Gasteiger partial charge in [0.2, 0.25) is 5.95 Å². The number of thiophene rings is 1. The Morgan fingerprint density at radius 1 is 1.14 bits per heavy atom. The number of nitrogens with zero attached hydrogens (tertiary/aromatic N) is 6. The number of carbonyl (C=O) groups excluding carboxylic acids is 1. The van der Waals surface area contributed by atoms with Crippen LogP contribution in [0.15, 0.2) is 41.8 Å². The summed E-state index contributed by atoms with van der Waals surface area (Å²) >= 11 is 1.55. The molecule has 9 nitrogen and oxygen atoms in total. The van der Waals surface area contributed by atoms with Gasteiger partial charge in [0.25, 0.3) is 5.91 Å². The molecule has 2 saturated heterocycles. The molecule has 0 aliphatic carbocycles. The highest BCUT2D eigenvalue weighted by atomic mass is 32.1. The second kappa shape index (κ2) is 8.90. The molecule has 2 aliphatic heterocycles. The molecule has 0 saturated carbocycles. The number of amides is 1. The lowest BCUT2D eigenvalue weighted by Crippen LogP contribution is -2.51. The van der Waals surface area contributed by atoms with E-state index in [9.17, 15) is 9.18 Å². The zero-order valence-electron chi connectivity index (χ0n) is 18.9. The van der Waals surface area contributed by atoms with Gasteiger partial charge >= 0.3 is 0 Å². The number of hydrogen-bond donors (Lipinski definition) is 1. The molecule has 0 bridgehead atoms. The third kappa shape index (κ3) is 4.00. The molecule has 3 aromatic heterocycles. The zero-order chi connectivity index (χ0) is 23.9. The van der Waals surface area contributed by atoms with Crippen molar-refractivity contribution in [1.29, 1.82) is 0 Å². The number of piperazine rings is 1. The van der Waals surface area contributed by atoms with Crippen molar-refractivity contribution in [1.82, 2.24) is 24.6 Å². The summed E-state index contributed by atoms with van der Waals surface area (Å²) in [5.74, 6) is 0.586. The Morgan fingerprint density at radius 3 is 2.71 bits per heavy atom. The molecule has 11 heteroatoms. The SMILES string of the molecule is Nc1c2c(-c3cccs3)nc(N3CCN(C(=O)C4CCCO4)CC3)nc2nn1-c1cccc(F)c1. The van der Waals surface area contributed by atoms with Gasteiger partial charge in [0.1, 0.15) is 17.7 Å². The van der Waals surface area contributed by atoms with Crippen LogP contribution in [-0.2, 0) is 9.53 Å². The van der Waals surface area contributed by atoms with Crippen LogP contribution in [0.1, 0.15) is 12.8 Å². The maximum Gasteiger partial charge on any atom is 0.251 e. The summed E-state index contributed by atoms with van der Waals surface area (Å²) in [6.07, 6.45) is 1.41. The first-order valence-electron chi connectivity index (χ1n) is 11.6. The van der Waals surface area contributed by atoms with E-state index in [2.05, 4.69) is 10.00 Å². The van der Waals surface area contributed by atoms with Crippen LogP contribution in [0.2, 0.25) is 0 Å². The number of nitrogen functional groups attached to an aromatic ring is 1. The zero-order valence-corrected chi connectivity index (χ0v) is 19.7. The number of halogens is 1. The lowest BCUT2D eigenvalue weighted by molar-refractivity contribution is -0.141. The minimum absolute atomic E-state index is 0.0689. The number of benzene rings is 1. The Morgan fingerprint density at radius 2 is 2.00 bits per heavy atom. The third-order valence-corrected chi connectivity index (χ3v) is 7.32. The lowest BCUT2D eigenvalue weighted by Gasteiger charge is -2.35. The van der Waals surface area contributed by atoms with Gasteiger partial charge in [0, 0.05) is 32.8 Å². The number of hydrogen-bond acceptors (Lipinski definition) is 8. The number of fused-ring (bicyclic) bond motifs is 1. The van der Waals surface area contributed by atoms with Crippen LogP contribution in [0.4, 0.5) is 16.2 Å². The Bertz CT molecular complexity index is 1380. The van der Waals surface area contributed by atoms with Gasteiger partial charge < -0.3 is 20.3 Å². The van der Waals surface area contributed by atoms with Crippen LogP contribution in [0, 0.1) is 5.82 Å². The molecule has 2 fully saturated rings. The highest BCUT2D eigenvalue weighted by Crippen LogP contribution is 2.35. The van der Waals surface area contributed by atoms with Crippen molar-refractivity contribution in [2.24, 2.45) is 0 Å². The van der Waals surface area contributed by atoms with Gasteiger partial charge in [-0.05, 0) is 42.5 Å². The number of ether oxygens (including phenoxy) is 1. The Hall–Kier alpha value is -3.57. The van der Waals surface area contributed by atoms with Crippen molar-refractivity contribution >= 4 is 40.0 Å². The van der Waals surface area contributed by atoms with Gasteiger partial charge in [-0.15, -0.1) is 16.4 Å². The number of nitrogens with two attached hydrogens (primary N) is 1. The van der Waals surface area contributed by atoms with Crippen LogP contribution in [-0.4, -0.2) is 69.4 Å². The fourth-order valence-electron chi connectivity index (χ4n) is 4.64. The molecular weight excluding hydrogens is 469 g/mol. The molecule has 35 heavy (non-hydrogen) atoms. The van der Waals surface area contributed by atoms with Crippen LogP contribution in [0.3, 0.4) is 0 Å². The van der Waals surface area contributed by atoms with Crippen molar-refractivity contribution in [3.8, 4) is 16.3 Å². The Labute approximate surface area is 204 Å². The normalized spacial score (nSPS) is 18.5. The highest BCUT2D eigenvalue weighted by Gasteiger charge is 2.31. The summed E-state index contributed by atoms with van der Waals surface area (Å²) in [7, 11) is 0. The quantitative estimate of drug-likeness (QED) is 0.466. The maximum atomic E-state index is 13.9. The van der Waals surface area contributed by atoms with Crippen molar-refractivity contribution < 1.29 is 13.9 Å². The van der Waals surface area contributed by atoms with Gasteiger partial charge in [-0.2, -0.15) is 4.98 Å². The molecule has 6 rings (SSSR count). The lowest BCUT2D eigenvalue weighted by atomic mass is 10.2. The third-order valence-electron chi connectivity index (χ3n) is 6.44. The van der Waals surface area contributed by atoms with E-state index >= 15 is 0 Å². The van der Waals surface area contributed by atoms with Gasteiger partial charge in [-0.1, -0.05) is 12.1 Å². The minimum atomic E-state index is -0.373. The predicted octanol–water partition coefficient (Wildman–Crippen LogP) is 3.09. The largest absolute Gasteiger partial charge is 0.383 e. The van der Waals surface area contributed by atoms with Gasteiger partial charge in [-0.3, -0.25) is 4.79 Å². The van der Waals surface area contributed by atoms with Crippen molar-refractivity contribution in [2.75, 3.05) is 43.4 Å². The molecule has 2 aliphatic rings. The number of rotatable bonds is 4. The molecule has 2 N–H and O–H groups in total. The first-order chi connectivity index (χ1) is 17.1. The molecule has 0 spiro atoms. The maximum absolute atomic E-state index is 13.9. The second-order valence-electron chi connectivity index (χ2n) is 8.64. The average Bonchev–Trinajstić information content (AvgIpc) is 3.65. The standard InChI is InChI=1S/C24H24FN7O2S/c25-15-4-1-5-16(14-15)32-21(26)19-20(18-7-3-13-35-18)27-24(28-22(19)29-32)31-10-8-30(9-11-31)23(33)17-6-2-12-34-17/h1,3-5,7,13-14,17H,2,6,8-12,26H2. The van der Waals surface area contributed by atoms with E-state index in [0.717, 1.165) is 17.7 Å². The van der Waals surface area contributed by atoms with E-state index in [1.54, 1.807) is 23.5 Å². The monoisotopic (exact) mass is 493 g/mol. The van der Waals surface area contributed by atoms with Crippen LogP contribution >= 0.6 is 11.3 Å². The van der Waals surface area contributed by atoms with E-state index < -0.39 is 0 Å². The van der Waals surface area contributed by atoms with E-state index in [-0.39, 0.29) is 17.8 Å². The van der Waals surface area contributed by atoms with Crippen LogP contribution in [0.25, 0.3) is 27.3 Å². The van der Waals surface area contributed by atoms with E-state index in [1.165, 1.54) is 16.8 Å². The first kappa shape index (κ1) is 21.9. The molecule has 1 amide bonds. The molecule has 5 heterocycles. The van der Waals surface area contributed by atoms with Crippen molar-refractivity contribution in [3.05, 3.63) is 47.6 Å². The summed E-state index contributed by atoms with van der Waals surface area (Å²) in [5.41, 5.74) is 8.15. The van der Waals surface area contributed by atoms with E-state index in [1.807, 2.05) is 22.4 Å². The minimum Gasteiger partial charge on any atom is -0.383 e. The van der Waals surface area contributed by atoms with Gasteiger partial charge in [0.15, 0.2) is 5.65 Å². The number of carbonyl (C=O) groups is 1. The summed E-state index contributed by atoms with van der Waals surface area (Å²) in [5, 5.41) is 7.23. The summed E-state index contributed by atoms with van der Waals surface area (Å²) < 4.78 is 21.0. The summed E-state index contributed by atoms with van der Waals surface area (Å²) in [6.45, 7) is 3.02. The van der Waals surface area contributed by atoms with Crippen molar-refractivity contribution in [2.45, 2.75) is 18.9 Å². The number of anilines is 2. The molecule has 180 valence electrons. The molecule has 4 aromatic rings. The highest BCUT2D eigenvalue weighted by molar-refractivity contribution is 7.13.